The van der Waals surface area contributed by atoms with Gasteiger partial charge in [-0.3, -0.25) is 19.6 Å². The van der Waals surface area contributed by atoms with E-state index in [4.69, 9.17) is 13.6 Å². The molecule has 186 valence electrons. The van der Waals surface area contributed by atoms with Crippen LogP contribution in [0.2, 0.25) is 0 Å². The second kappa shape index (κ2) is 10.4. The van der Waals surface area contributed by atoms with Crippen LogP contribution in [-0.2, 0) is 17.9 Å². The second-order valence-electron chi connectivity index (χ2n) is 8.16. The van der Waals surface area contributed by atoms with Gasteiger partial charge in [-0.1, -0.05) is 6.07 Å². The number of hydrogen-bond donors (Lipinski definition) is 2. The summed E-state index contributed by atoms with van der Waals surface area (Å²) in [6, 6.07) is 15.6. The van der Waals surface area contributed by atoms with Crippen LogP contribution < -0.4 is 10.6 Å². The zero-order valence-electron chi connectivity index (χ0n) is 20.1. The highest BCUT2D eigenvalue weighted by Gasteiger charge is 2.16. The summed E-state index contributed by atoms with van der Waals surface area (Å²) in [5, 5.41) is 5.66. The fraction of sp³-hybridized carbons (Fsp3) is 0.148. The van der Waals surface area contributed by atoms with Crippen molar-refractivity contribution >= 4 is 28.5 Å². The molecule has 0 saturated heterocycles. The Morgan fingerprint density at radius 1 is 0.946 bits per heavy atom. The van der Waals surface area contributed by atoms with Gasteiger partial charge in [-0.2, -0.15) is 0 Å². The van der Waals surface area contributed by atoms with Crippen molar-refractivity contribution in [1.82, 2.24) is 20.3 Å². The molecule has 0 atom stereocenters. The van der Waals surface area contributed by atoms with E-state index in [1.54, 1.807) is 81.0 Å². The van der Waals surface area contributed by atoms with Crippen molar-refractivity contribution in [3.63, 3.8) is 0 Å². The van der Waals surface area contributed by atoms with Crippen LogP contribution in [0, 0.1) is 6.92 Å². The maximum atomic E-state index is 12.8. The van der Waals surface area contributed by atoms with E-state index in [2.05, 4.69) is 25.6 Å². The molecule has 10 heteroatoms. The standard InChI is InChI=1S/C27H23N5O5/c1-16-22(14-30-25(33)20-4-3-5-21-24(20)29-13-12-28-21)32-27(36-16)17-6-8-18(9-7-17)31-26(34)23-11-10-19(37-23)15-35-2/h3-13H,14-15H2,1-2H3,(H,30,33)(H,31,34). The highest BCUT2D eigenvalue weighted by atomic mass is 16.5. The number of nitrogens with zero attached hydrogens (tertiary/aromatic N) is 3. The number of aromatic nitrogens is 3. The van der Waals surface area contributed by atoms with E-state index in [0.29, 0.717) is 52.0 Å². The number of amides is 2. The molecule has 0 aliphatic rings. The molecule has 0 fully saturated rings. The van der Waals surface area contributed by atoms with Crippen molar-refractivity contribution in [1.29, 1.82) is 0 Å². The molecule has 2 aromatic carbocycles. The van der Waals surface area contributed by atoms with Gasteiger partial charge in [-0.25, -0.2) is 4.98 Å². The Bertz CT molecular complexity index is 1570. The monoisotopic (exact) mass is 497 g/mol. The minimum atomic E-state index is -0.364. The minimum Gasteiger partial charge on any atom is -0.453 e. The zero-order valence-corrected chi connectivity index (χ0v) is 20.1. The van der Waals surface area contributed by atoms with Crippen molar-refractivity contribution in [2.24, 2.45) is 0 Å². The predicted molar refractivity (Wildman–Crippen MR) is 135 cm³/mol. The Labute approximate surface area is 211 Å². The number of oxazole rings is 1. The Morgan fingerprint density at radius 3 is 2.57 bits per heavy atom. The van der Waals surface area contributed by atoms with E-state index in [-0.39, 0.29) is 24.1 Å². The van der Waals surface area contributed by atoms with Crippen LogP contribution in [0.15, 0.2) is 75.8 Å². The molecule has 0 bridgehead atoms. The summed E-state index contributed by atoms with van der Waals surface area (Å²) < 4.78 is 16.3. The van der Waals surface area contributed by atoms with Crippen molar-refractivity contribution < 1.29 is 23.2 Å². The summed E-state index contributed by atoms with van der Waals surface area (Å²) in [6.45, 7) is 2.27. The molecule has 0 aliphatic carbocycles. The van der Waals surface area contributed by atoms with Crippen molar-refractivity contribution in [3.8, 4) is 11.5 Å². The van der Waals surface area contributed by atoms with Crippen LogP contribution in [0.3, 0.4) is 0 Å². The lowest BCUT2D eigenvalue weighted by atomic mass is 10.1. The molecule has 0 unspecified atom stereocenters. The number of fused-ring (bicyclic) bond motifs is 1. The Morgan fingerprint density at radius 2 is 1.76 bits per heavy atom. The molecular formula is C27H23N5O5. The highest BCUT2D eigenvalue weighted by Crippen LogP contribution is 2.24. The maximum absolute atomic E-state index is 12.8. The number of rotatable bonds is 8. The average Bonchev–Trinajstić information content (AvgIpc) is 3.54. The van der Waals surface area contributed by atoms with E-state index >= 15 is 0 Å². The van der Waals surface area contributed by atoms with Crippen LogP contribution in [0.4, 0.5) is 5.69 Å². The SMILES string of the molecule is COCc1ccc(C(=O)Nc2ccc(-c3nc(CNC(=O)c4cccc5nccnc45)c(C)o3)cc2)o1. The predicted octanol–water partition coefficient (Wildman–Crippen LogP) is 4.51. The molecule has 37 heavy (non-hydrogen) atoms. The quantitative estimate of drug-likeness (QED) is 0.320. The van der Waals surface area contributed by atoms with Gasteiger partial charge < -0.3 is 24.2 Å². The van der Waals surface area contributed by atoms with Crippen molar-refractivity contribution in [3.05, 3.63) is 95.5 Å². The van der Waals surface area contributed by atoms with Crippen molar-refractivity contribution in [2.45, 2.75) is 20.1 Å². The van der Waals surface area contributed by atoms with E-state index in [1.807, 2.05) is 0 Å². The van der Waals surface area contributed by atoms with Gasteiger partial charge in [0.1, 0.15) is 29.3 Å². The number of para-hydroxylation sites is 1. The molecule has 0 aliphatic heterocycles. The van der Waals surface area contributed by atoms with Gasteiger partial charge in [0.25, 0.3) is 11.8 Å². The molecule has 10 nitrogen and oxygen atoms in total. The maximum Gasteiger partial charge on any atom is 0.291 e. The summed E-state index contributed by atoms with van der Waals surface area (Å²) in [6.07, 6.45) is 3.14. The van der Waals surface area contributed by atoms with E-state index in [9.17, 15) is 9.59 Å². The average molecular weight is 498 g/mol. The molecule has 5 rings (SSSR count). The highest BCUT2D eigenvalue weighted by molar-refractivity contribution is 6.04. The van der Waals surface area contributed by atoms with Gasteiger partial charge >= 0.3 is 0 Å². The molecule has 0 saturated carbocycles. The summed E-state index contributed by atoms with van der Waals surface area (Å²) in [4.78, 5) is 38.3. The molecule has 0 radical (unpaired) electrons. The molecule has 0 spiro atoms. The third kappa shape index (κ3) is 5.24. The summed E-state index contributed by atoms with van der Waals surface area (Å²) in [7, 11) is 1.56. The zero-order chi connectivity index (χ0) is 25.8. The summed E-state index contributed by atoms with van der Waals surface area (Å²) in [5.41, 5.74) is 3.55. The lowest BCUT2D eigenvalue weighted by Gasteiger charge is -2.06. The van der Waals surface area contributed by atoms with Crippen LogP contribution in [-0.4, -0.2) is 33.9 Å². The van der Waals surface area contributed by atoms with Gasteiger partial charge in [0.2, 0.25) is 5.89 Å². The van der Waals surface area contributed by atoms with Crippen LogP contribution in [0.5, 0.6) is 0 Å². The number of nitrogens with one attached hydrogen (secondary N) is 2. The summed E-state index contributed by atoms with van der Waals surface area (Å²) >= 11 is 0. The number of furan rings is 1. The first-order valence-corrected chi connectivity index (χ1v) is 11.5. The van der Waals surface area contributed by atoms with E-state index in [1.165, 1.54) is 0 Å². The van der Waals surface area contributed by atoms with Gasteiger partial charge in [0.05, 0.1) is 17.6 Å². The molecule has 3 heterocycles. The number of benzene rings is 2. The lowest BCUT2D eigenvalue weighted by Crippen LogP contribution is -2.23. The third-order valence-electron chi connectivity index (χ3n) is 5.61. The summed E-state index contributed by atoms with van der Waals surface area (Å²) in [5.74, 6) is 1.13. The third-order valence-corrected chi connectivity index (χ3v) is 5.61. The fourth-order valence-corrected chi connectivity index (χ4v) is 3.76. The van der Waals surface area contributed by atoms with Gasteiger partial charge in [0.15, 0.2) is 5.76 Å². The first-order chi connectivity index (χ1) is 18.0. The topological polar surface area (TPSA) is 132 Å². The number of anilines is 1. The minimum absolute atomic E-state index is 0.188. The van der Waals surface area contributed by atoms with Gasteiger partial charge in [-0.15, -0.1) is 0 Å². The second-order valence-corrected chi connectivity index (χ2v) is 8.16. The van der Waals surface area contributed by atoms with Crippen LogP contribution in [0.25, 0.3) is 22.5 Å². The van der Waals surface area contributed by atoms with Crippen LogP contribution in [0.1, 0.15) is 38.1 Å². The molecule has 2 amide bonds. The normalized spacial score (nSPS) is 11.0. The number of ether oxygens (including phenoxy) is 1. The number of hydrogen-bond acceptors (Lipinski definition) is 8. The first kappa shape index (κ1) is 23.9. The smallest absolute Gasteiger partial charge is 0.291 e. The van der Waals surface area contributed by atoms with Gasteiger partial charge in [-0.05, 0) is 55.5 Å². The first-order valence-electron chi connectivity index (χ1n) is 11.5. The fourth-order valence-electron chi connectivity index (χ4n) is 3.76. The Kier molecular flexibility index (Phi) is 6.73. The Hall–Kier alpha value is -4.83. The van der Waals surface area contributed by atoms with Crippen LogP contribution >= 0.6 is 0 Å². The lowest BCUT2D eigenvalue weighted by molar-refractivity contribution is 0.0950. The number of carbonyl (C=O) groups excluding carboxylic acids is 2. The number of carbonyl (C=O) groups is 2. The number of aryl methyl sites for hydroxylation is 1. The Balaban J connectivity index is 1.23. The molecule has 2 N–H and O–H groups in total. The molecule has 3 aromatic heterocycles. The largest absolute Gasteiger partial charge is 0.453 e. The molecule has 5 aromatic rings. The number of methoxy groups -OCH3 is 1. The van der Waals surface area contributed by atoms with E-state index < -0.39 is 0 Å². The van der Waals surface area contributed by atoms with Crippen molar-refractivity contribution in [2.75, 3.05) is 12.4 Å². The van der Waals surface area contributed by atoms with Gasteiger partial charge in [0, 0.05) is 30.8 Å². The molecular weight excluding hydrogens is 474 g/mol. The van der Waals surface area contributed by atoms with E-state index in [0.717, 1.165) is 5.56 Å².